The second-order valence-electron chi connectivity index (χ2n) is 4.66. The van der Waals surface area contributed by atoms with Gasteiger partial charge in [0.1, 0.15) is 0 Å². The van der Waals surface area contributed by atoms with Crippen LogP contribution in [0.5, 0.6) is 0 Å². The molecule has 8 heteroatoms. The van der Waals surface area contributed by atoms with Crippen molar-refractivity contribution in [2.24, 2.45) is 0 Å². The van der Waals surface area contributed by atoms with Crippen LogP contribution in [-0.4, -0.2) is 43.4 Å². The highest BCUT2D eigenvalue weighted by molar-refractivity contribution is 7.87. The Bertz CT molecular complexity index is 416. The first-order valence-corrected chi connectivity index (χ1v) is 8.61. The first kappa shape index (κ1) is 19.9. The number of rotatable bonds is 11. The fourth-order valence-corrected chi connectivity index (χ4v) is 2.13. The van der Waals surface area contributed by atoms with Gasteiger partial charge in [0.15, 0.2) is 5.25 Å². The molecule has 21 heavy (non-hydrogen) atoms. The molecule has 0 aromatic rings. The van der Waals surface area contributed by atoms with E-state index in [0.717, 1.165) is 19.3 Å². The Morgan fingerprint density at radius 3 is 2.10 bits per heavy atom. The molecular weight excluding hydrogens is 300 g/mol. The Kier molecular flexibility index (Phi) is 9.98. The molecule has 0 amide bonds. The van der Waals surface area contributed by atoms with Crippen LogP contribution in [0.1, 0.15) is 52.4 Å². The molecule has 0 spiro atoms. The SMILES string of the molecule is CCCCCOC(=O)C(CC(=O)OCCCC)S(=O)(=O)O. The molecule has 0 bridgehead atoms. The Morgan fingerprint density at radius 2 is 1.57 bits per heavy atom. The summed E-state index contributed by atoms with van der Waals surface area (Å²) in [4.78, 5) is 23.1. The summed E-state index contributed by atoms with van der Waals surface area (Å²) >= 11 is 0. The maximum atomic E-state index is 11.6. The van der Waals surface area contributed by atoms with E-state index in [4.69, 9.17) is 14.0 Å². The van der Waals surface area contributed by atoms with Crippen molar-refractivity contribution in [2.45, 2.75) is 57.6 Å². The summed E-state index contributed by atoms with van der Waals surface area (Å²) in [5.41, 5.74) is 0. The minimum Gasteiger partial charge on any atom is -0.466 e. The lowest BCUT2D eigenvalue weighted by atomic mass is 10.2. The van der Waals surface area contributed by atoms with Crippen LogP contribution in [0, 0.1) is 0 Å². The van der Waals surface area contributed by atoms with Gasteiger partial charge in [0.25, 0.3) is 10.1 Å². The van der Waals surface area contributed by atoms with E-state index in [0.29, 0.717) is 12.8 Å². The third kappa shape index (κ3) is 9.41. The maximum absolute atomic E-state index is 11.6. The molecule has 0 aromatic heterocycles. The average Bonchev–Trinajstić information content (AvgIpc) is 2.40. The third-order valence-electron chi connectivity index (χ3n) is 2.73. The number of unbranched alkanes of at least 4 members (excludes halogenated alkanes) is 3. The van der Waals surface area contributed by atoms with Crippen molar-refractivity contribution in [1.29, 1.82) is 0 Å². The summed E-state index contributed by atoms with van der Waals surface area (Å²) < 4.78 is 40.9. The van der Waals surface area contributed by atoms with Crippen LogP contribution in [-0.2, 0) is 29.2 Å². The van der Waals surface area contributed by atoms with Crippen molar-refractivity contribution in [1.82, 2.24) is 0 Å². The highest BCUT2D eigenvalue weighted by atomic mass is 32.2. The quantitative estimate of drug-likeness (QED) is 0.350. The number of hydrogen-bond donors (Lipinski definition) is 1. The fourth-order valence-electron chi connectivity index (χ4n) is 1.47. The summed E-state index contributed by atoms with van der Waals surface area (Å²) in [6, 6.07) is 0. The highest BCUT2D eigenvalue weighted by Crippen LogP contribution is 2.09. The van der Waals surface area contributed by atoms with Gasteiger partial charge in [-0.05, 0) is 12.8 Å². The van der Waals surface area contributed by atoms with Gasteiger partial charge in [0.2, 0.25) is 0 Å². The van der Waals surface area contributed by atoms with Gasteiger partial charge in [0.05, 0.1) is 19.6 Å². The number of carbonyl (C=O) groups excluding carboxylic acids is 2. The predicted octanol–water partition coefficient (Wildman–Crippen LogP) is 1.71. The van der Waals surface area contributed by atoms with Crippen molar-refractivity contribution < 1.29 is 32.0 Å². The molecule has 0 radical (unpaired) electrons. The lowest BCUT2D eigenvalue weighted by Gasteiger charge is -2.13. The molecule has 1 atom stereocenters. The molecule has 0 saturated heterocycles. The van der Waals surface area contributed by atoms with Crippen LogP contribution < -0.4 is 0 Å². The van der Waals surface area contributed by atoms with Gasteiger partial charge in [-0.25, -0.2) is 0 Å². The molecule has 1 N–H and O–H groups in total. The van der Waals surface area contributed by atoms with Crippen molar-refractivity contribution in [3.63, 3.8) is 0 Å². The van der Waals surface area contributed by atoms with E-state index in [1.807, 2.05) is 13.8 Å². The summed E-state index contributed by atoms with van der Waals surface area (Å²) in [5.74, 6) is -1.97. The average molecular weight is 324 g/mol. The zero-order valence-corrected chi connectivity index (χ0v) is 13.4. The largest absolute Gasteiger partial charge is 0.466 e. The smallest absolute Gasteiger partial charge is 0.327 e. The summed E-state index contributed by atoms with van der Waals surface area (Å²) in [7, 11) is -4.71. The van der Waals surface area contributed by atoms with E-state index in [9.17, 15) is 18.0 Å². The van der Waals surface area contributed by atoms with E-state index in [2.05, 4.69) is 0 Å². The first-order chi connectivity index (χ1) is 9.82. The standard InChI is InChI=1S/C13H24O7S/c1-3-5-7-9-20-13(15)11(21(16,17)18)10-12(14)19-8-6-4-2/h11H,3-10H2,1-2H3,(H,16,17,18). The first-order valence-electron chi connectivity index (χ1n) is 7.11. The molecular formula is C13H24O7S. The zero-order chi connectivity index (χ0) is 16.3. The van der Waals surface area contributed by atoms with Gasteiger partial charge in [-0.2, -0.15) is 8.42 Å². The minimum absolute atomic E-state index is 0.0591. The van der Waals surface area contributed by atoms with Gasteiger partial charge in [-0.3, -0.25) is 14.1 Å². The van der Waals surface area contributed by atoms with E-state index in [-0.39, 0.29) is 13.2 Å². The highest BCUT2D eigenvalue weighted by Gasteiger charge is 2.35. The lowest BCUT2D eigenvalue weighted by molar-refractivity contribution is -0.150. The predicted molar refractivity (Wildman–Crippen MR) is 76.3 cm³/mol. The molecule has 1 unspecified atom stereocenters. The molecule has 124 valence electrons. The number of esters is 2. The third-order valence-corrected chi connectivity index (χ3v) is 3.81. The normalized spacial score (nSPS) is 12.7. The van der Waals surface area contributed by atoms with Crippen LogP contribution in [0.15, 0.2) is 0 Å². The minimum atomic E-state index is -4.71. The van der Waals surface area contributed by atoms with E-state index in [1.54, 1.807) is 0 Å². The van der Waals surface area contributed by atoms with Crippen LogP contribution in [0.25, 0.3) is 0 Å². The van der Waals surface area contributed by atoms with Gasteiger partial charge < -0.3 is 9.47 Å². The Morgan fingerprint density at radius 1 is 1.00 bits per heavy atom. The summed E-state index contributed by atoms with van der Waals surface area (Å²) in [6.07, 6.45) is 3.07. The number of ether oxygens (including phenoxy) is 2. The van der Waals surface area contributed by atoms with Crippen molar-refractivity contribution in [3.8, 4) is 0 Å². The van der Waals surface area contributed by atoms with Gasteiger partial charge in [-0.1, -0.05) is 33.1 Å². The molecule has 0 saturated carbocycles. The molecule has 0 rings (SSSR count). The zero-order valence-electron chi connectivity index (χ0n) is 12.5. The van der Waals surface area contributed by atoms with E-state index in [1.165, 1.54) is 0 Å². The van der Waals surface area contributed by atoms with Crippen LogP contribution >= 0.6 is 0 Å². The molecule has 0 aromatic carbocycles. The van der Waals surface area contributed by atoms with E-state index < -0.39 is 33.7 Å². The van der Waals surface area contributed by atoms with Gasteiger partial charge in [0, 0.05) is 0 Å². The summed E-state index contributed by atoms with van der Waals surface area (Å²) in [5, 5.41) is -1.92. The second-order valence-corrected chi connectivity index (χ2v) is 6.26. The second kappa shape index (κ2) is 10.6. The summed E-state index contributed by atoms with van der Waals surface area (Å²) in [6.45, 7) is 4.08. The van der Waals surface area contributed by atoms with Crippen molar-refractivity contribution in [2.75, 3.05) is 13.2 Å². The number of hydrogen-bond acceptors (Lipinski definition) is 6. The monoisotopic (exact) mass is 324 g/mol. The van der Waals surface area contributed by atoms with Gasteiger partial charge in [-0.15, -0.1) is 0 Å². The Hall–Kier alpha value is -1.15. The van der Waals surface area contributed by atoms with Crippen LogP contribution in [0.4, 0.5) is 0 Å². The molecule has 7 nitrogen and oxygen atoms in total. The topological polar surface area (TPSA) is 107 Å². The van der Waals surface area contributed by atoms with Crippen molar-refractivity contribution in [3.05, 3.63) is 0 Å². The molecule has 0 aliphatic carbocycles. The van der Waals surface area contributed by atoms with Crippen molar-refractivity contribution >= 4 is 22.1 Å². The van der Waals surface area contributed by atoms with E-state index >= 15 is 0 Å². The van der Waals surface area contributed by atoms with Gasteiger partial charge >= 0.3 is 11.9 Å². The number of carbonyl (C=O) groups is 2. The molecule has 0 aliphatic heterocycles. The Labute approximate surface area is 125 Å². The molecule has 0 fully saturated rings. The molecule has 0 aliphatic rings. The Balaban J connectivity index is 4.45. The van der Waals surface area contributed by atoms with Crippen LogP contribution in [0.3, 0.4) is 0 Å². The molecule has 0 heterocycles. The maximum Gasteiger partial charge on any atom is 0.327 e. The van der Waals surface area contributed by atoms with Crippen LogP contribution in [0.2, 0.25) is 0 Å². The lowest BCUT2D eigenvalue weighted by Crippen LogP contribution is -2.34. The fraction of sp³-hybridized carbons (Fsp3) is 0.846.